The third-order valence-electron chi connectivity index (χ3n) is 3.32. The van der Waals surface area contributed by atoms with Crippen molar-refractivity contribution in [2.24, 2.45) is 11.8 Å². The minimum Gasteiger partial charge on any atom is -0.497 e. The number of hydrogen-bond donors (Lipinski definition) is 2. The molecule has 1 unspecified atom stereocenters. The summed E-state index contributed by atoms with van der Waals surface area (Å²) in [6.45, 7) is 5.17. The van der Waals surface area contributed by atoms with Gasteiger partial charge in [-0.25, -0.2) is 9.67 Å². The van der Waals surface area contributed by atoms with E-state index in [1.54, 1.807) is 13.4 Å². The van der Waals surface area contributed by atoms with E-state index < -0.39 is 0 Å². The molecule has 6 heteroatoms. The molecule has 0 radical (unpaired) electrons. The molecule has 0 fully saturated rings. The summed E-state index contributed by atoms with van der Waals surface area (Å²) < 4.78 is 7.20. The van der Waals surface area contributed by atoms with Crippen LogP contribution in [-0.4, -0.2) is 21.9 Å². The molecule has 0 saturated carbocycles. The molecule has 1 aromatic heterocycles. The third kappa shape index (κ3) is 4.03. The van der Waals surface area contributed by atoms with Gasteiger partial charge in [-0.1, -0.05) is 26.0 Å². The van der Waals surface area contributed by atoms with Gasteiger partial charge in [0.15, 0.2) is 0 Å². The Morgan fingerprint density at radius 1 is 1.38 bits per heavy atom. The monoisotopic (exact) mass is 289 g/mol. The molecular weight excluding hydrogens is 266 g/mol. The zero-order chi connectivity index (χ0) is 15.2. The number of aromatic nitrogens is 3. The number of nitrogens with one attached hydrogen (secondary N) is 1. The molecule has 0 amide bonds. The summed E-state index contributed by atoms with van der Waals surface area (Å²) in [6, 6.07) is 7.84. The lowest BCUT2D eigenvalue weighted by Gasteiger charge is -2.17. The number of benzene rings is 1. The van der Waals surface area contributed by atoms with E-state index in [4.69, 9.17) is 10.6 Å². The van der Waals surface area contributed by atoms with Crippen molar-refractivity contribution in [2.45, 2.75) is 32.9 Å². The van der Waals surface area contributed by atoms with Crippen LogP contribution >= 0.6 is 0 Å². The van der Waals surface area contributed by atoms with Gasteiger partial charge in [0.25, 0.3) is 0 Å². The van der Waals surface area contributed by atoms with Gasteiger partial charge in [-0.3, -0.25) is 11.3 Å². The van der Waals surface area contributed by atoms with Crippen LogP contribution in [0.1, 0.15) is 31.3 Å². The van der Waals surface area contributed by atoms with Crippen molar-refractivity contribution in [1.82, 2.24) is 20.2 Å². The first-order chi connectivity index (χ1) is 10.1. The predicted octanol–water partition coefficient (Wildman–Crippen LogP) is 1.69. The number of nitrogens with two attached hydrogens (primary N) is 1. The number of ether oxygens (including phenoxy) is 1. The molecule has 21 heavy (non-hydrogen) atoms. The fourth-order valence-corrected chi connectivity index (χ4v) is 2.26. The maximum atomic E-state index is 5.72. The van der Waals surface area contributed by atoms with E-state index in [-0.39, 0.29) is 6.04 Å². The average Bonchev–Trinajstić information content (AvgIpc) is 2.91. The van der Waals surface area contributed by atoms with Gasteiger partial charge < -0.3 is 4.74 Å². The highest BCUT2D eigenvalue weighted by Crippen LogP contribution is 2.21. The van der Waals surface area contributed by atoms with Gasteiger partial charge >= 0.3 is 0 Å². The lowest BCUT2D eigenvalue weighted by molar-refractivity contribution is 0.412. The predicted molar refractivity (Wildman–Crippen MR) is 81.6 cm³/mol. The summed E-state index contributed by atoms with van der Waals surface area (Å²) in [4.78, 5) is 4.35. The molecule has 1 aromatic carbocycles. The zero-order valence-electron chi connectivity index (χ0n) is 12.8. The highest BCUT2D eigenvalue weighted by Gasteiger charge is 2.15. The molecular formula is C15H23N5O. The van der Waals surface area contributed by atoms with E-state index in [2.05, 4.69) is 29.4 Å². The first-order valence-electron chi connectivity index (χ1n) is 7.10. The zero-order valence-corrected chi connectivity index (χ0v) is 12.8. The normalized spacial score (nSPS) is 12.6. The molecule has 114 valence electrons. The molecule has 2 rings (SSSR count). The van der Waals surface area contributed by atoms with Crippen LogP contribution in [0.15, 0.2) is 30.6 Å². The molecule has 0 bridgehead atoms. The Morgan fingerprint density at radius 3 is 2.86 bits per heavy atom. The van der Waals surface area contributed by atoms with Crippen LogP contribution < -0.4 is 16.0 Å². The molecule has 1 heterocycles. The second-order valence-corrected chi connectivity index (χ2v) is 5.45. The number of hydrogen-bond acceptors (Lipinski definition) is 5. The van der Waals surface area contributed by atoms with Crippen LogP contribution in [0.4, 0.5) is 0 Å². The lowest BCUT2D eigenvalue weighted by atomic mass is 10.0. The molecule has 1 atom stereocenters. The highest BCUT2D eigenvalue weighted by atomic mass is 16.5. The fraction of sp³-hybridized carbons (Fsp3) is 0.467. The summed E-state index contributed by atoms with van der Waals surface area (Å²) >= 11 is 0. The molecule has 3 N–H and O–H groups in total. The summed E-state index contributed by atoms with van der Waals surface area (Å²) in [7, 11) is 1.66. The van der Waals surface area contributed by atoms with Crippen LogP contribution in [-0.2, 0) is 13.0 Å². The Balaban J connectivity index is 2.17. The Bertz CT molecular complexity index is 567. The van der Waals surface area contributed by atoms with E-state index in [9.17, 15) is 0 Å². The smallest absolute Gasteiger partial charge is 0.138 e. The van der Waals surface area contributed by atoms with Crippen molar-refractivity contribution in [2.75, 3.05) is 7.11 Å². The van der Waals surface area contributed by atoms with E-state index in [1.165, 1.54) is 0 Å². The topological polar surface area (TPSA) is 78.0 Å². The molecule has 0 saturated heterocycles. The second-order valence-electron chi connectivity index (χ2n) is 5.45. The van der Waals surface area contributed by atoms with Crippen molar-refractivity contribution < 1.29 is 4.74 Å². The number of nitrogens with zero attached hydrogens (tertiary/aromatic N) is 3. The number of rotatable bonds is 7. The van der Waals surface area contributed by atoms with E-state index >= 15 is 0 Å². The average molecular weight is 289 g/mol. The summed E-state index contributed by atoms with van der Waals surface area (Å²) in [6.07, 6.45) is 2.27. The Hall–Kier alpha value is -1.92. The second kappa shape index (κ2) is 7.19. The van der Waals surface area contributed by atoms with Gasteiger partial charge in [-0.2, -0.15) is 5.10 Å². The van der Waals surface area contributed by atoms with Gasteiger partial charge in [0.1, 0.15) is 17.9 Å². The fourth-order valence-electron chi connectivity index (χ4n) is 2.26. The maximum absolute atomic E-state index is 5.72. The Labute approximate surface area is 125 Å². The summed E-state index contributed by atoms with van der Waals surface area (Å²) in [5.74, 6) is 7.98. The van der Waals surface area contributed by atoms with Crippen LogP contribution in [0.5, 0.6) is 5.75 Å². The minimum atomic E-state index is -0.0322. The van der Waals surface area contributed by atoms with Gasteiger partial charge in [0.05, 0.1) is 13.2 Å². The van der Waals surface area contributed by atoms with Crippen molar-refractivity contribution in [1.29, 1.82) is 0 Å². The van der Waals surface area contributed by atoms with E-state index in [0.717, 1.165) is 23.7 Å². The molecule has 6 nitrogen and oxygen atoms in total. The van der Waals surface area contributed by atoms with Crippen LogP contribution in [0.3, 0.4) is 0 Å². The standard InChI is InChI=1S/C15H23N5O/c1-11(2)9-20-15(17-10-18-20)8-14(19-16)12-5-4-6-13(7-12)21-3/h4-7,10-11,14,19H,8-9,16H2,1-3H3. The van der Waals surface area contributed by atoms with E-state index in [1.807, 2.05) is 28.9 Å². The van der Waals surface area contributed by atoms with Gasteiger partial charge in [-0.15, -0.1) is 0 Å². The van der Waals surface area contributed by atoms with Gasteiger partial charge in [0.2, 0.25) is 0 Å². The van der Waals surface area contributed by atoms with Crippen LogP contribution in [0.25, 0.3) is 0 Å². The Kier molecular flexibility index (Phi) is 5.30. The summed E-state index contributed by atoms with van der Waals surface area (Å²) in [5, 5.41) is 4.28. The molecule has 0 aliphatic rings. The van der Waals surface area contributed by atoms with Crippen LogP contribution in [0, 0.1) is 5.92 Å². The van der Waals surface area contributed by atoms with Crippen molar-refractivity contribution in [3.63, 3.8) is 0 Å². The first-order valence-corrected chi connectivity index (χ1v) is 7.10. The van der Waals surface area contributed by atoms with E-state index in [0.29, 0.717) is 12.3 Å². The molecule has 0 spiro atoms. The number of hydrazine groups is 1. The van der Waals surface area contributed by atoms with Crippen LogP contribution in [0.2, 0.25) is 0 Å². The van der Waals surface area contributed by atoms with Crippen molar-refractivity contribution in [3.05, 3.63) is 42.0 Å². The lowest BCUT2D eigenvalue weighted by Crippen LogP contribution is -2.30. The quantitative estimate of drug-likeness (QED) is 0.599. The highest BCUT2D eigenvalue weighted by molar-refractivity contribution is 5.30. The summed E-state index contributed by atoms with van der Waals surface area (Å²) in [5.41, 5.74) is 3.92. The van der Waals surface area contributed by atoms with Crippen molar-refractivity contribution in [3.8, 4) is 5.75 Å². The first kappa shape index (κ1) is 15.5. The third-order valence-corrected chi connectivity index (χ3v) is 3.32. The largest absolute Gasteiger partial charge is 0.497 e. The Morgan fingerprint density at radius 2 is 2.19 bits per heavy atom. The molecule has 2 aromatic rings. The van der Waals surface area contributed by atoms with Gasteiger partial charge in [-0.05, 0) is 23.6 Å². The molecule has 0 aliphatic heterocycles. The minimum absolute atomic E-state index is 0.0322. The SMILES string of the molecule is COc1cccc(C(Cc2ncnn2CC(C)C)NN)c1. The van der Waals surface area contributed by atoms with Gasteiger partial charge in [0, 0.05) is 13.0 Å². The number of methoxy groups -OCH3 is 1. The molecule has 0 aliphatic carbocycles. The van der Waals surface area contributed by atoms with Crippen molar-refractivity contribution >= 4 is 0 Å². The maximum Gasteiger partial charge on any atom is 0.138 e.